The van der Waals surface area contributed by atoms with Gasteiger partial charge in [-0.25, -0.2) is 0 Å². The van der Waals surface area contributed by atoms with Crippen LogP contribution in [-0.2, 0) is 16.1 Å². The summed E-state index contributed by atoms with van der Waals surface area (Å²) < 4.78 is 0. The molecule has 0 radical (unpaired) electrons. The van der Waals surface area contributed by atoms with Gasteiger partial charge in [0.25, 0.3) is 0 Å². The molecule has 30 heavy (non-hydrogen) atoms. The molecule has 2 aromatic carbocycles. The number of benzene rings is 2. The predicted molar refractivity (Wildman–Crippen MR) is 124 cm³/mol. The molecular weight excluding hydrogens is 439 g/mol. The van der Waals surface area contributed by atoms with Crippen molar-refractivity contribution in [2.24, 2.45) is 0 Å². The van der Waals surface area contributed by atoms with E-state index in [2.05, 4.69) is 5.32 Å². The highest BCUT2D eigenvalue weighted by Crippen LogP contribution is 2.25. The number of nitrogens with one attached hydrogen (secondary N) is 1. The minimum absolute atomic E-state index is 0.107. The van der Waals surface area contributed by atoms with Gasteiger partial charge in [0.15, 0.2) is 0 Å². The number of rotatable bonds is 8. The zero-order valence-corrected chi connectivity index (χ0v) is 19.3. The predicted octanol–water partition coefficient (Wildman–Crippen LogP) is 5.56. The smallest absolute Gasteiger partial charge is 0.242 e. The molecule has 7 heteroatoms. The Hall–Kier alpha value is -1.69. The van der Waals surface area contributed by atoms with Gasteiger partial charge >= 0.3 is 0 Å². The molecule has 1 atom stereocenters. The monoisotopic (exact) mass is 464 g/mol. The lowest BCUT2D eigenvalue weighted by Gasteiger charge is -2.30. The van der Waals surface area contributed by atoms with E-state index in [1.807, 2.05) is 30.3 Å². The van der Waals surface area contributed by atoms with Gasteiger partial charge in [-0.05, 0) is 49.6 Å². The highest BCUT2D eigenvalue weighted by Gasteiger charge is 2.28. The Labute approximate surface area is 192 Å². The Kier molecular flexibility index (Phi) is 8.49. The van der Waals surface area contributed by atoms with Crippen molar-refractivity contribution in [1.29, 1.82) is 0 Å². The summed E-state index contributed by atoms with van der Waals surface area (Å²) in [6, 6.07) is 14.6. The Balaban J connectivity index is 1.73. The lowest BCUT2D eigenvalue weighted by molar-refractivity contribution is -0.138. The van der Waals surface area contributed by atoms with E-state index >= 15 is 0 Å². The summed E-state index contributed by atoms with van der Waals surface area (Å²) in [6.07, 6.45) is 4.27. The molecule has 1 aliphatic carbocycles. The van der Waals surface area contributed by atoms with Crippen molar-refractivity contribution in [3.05, 3.63) is 64.1 Å². The minimum atomic E-state index is -0.596. The SMILES string of the molecule is C[C@H](C(=O)NC1CCCC1)N(Cc1ccc(Cl)cc1Cl)C(=O)CSc1ccccc1. The molecule has 2 amide bonds. The summed E-state index contributed by atoms with van der Waals surface area (Å²) in [5.41, 5.74) is 0.764. The van der Waals surface area contributed by atoms with Gasteiger partial charge in [0, 0.05) is 27.5 Å². The number of thioether (sulfide) groups is 1. The van der Waals surface area contributed by atoms with E-state index in [1.54, 1.807) is 30.0 Å². The first-order valence-corrected chi connectivity index (χ1v) is 11.9. The molecule has 1 saturated carbocycles. The molecule has 0 spiro atoms. The number of amides is 2. The molecule has 0 saturated heterocycles. The van der Waals surface area contributed by atoms with Crippen LogP contribution in [0.1, 0.15) is 38.2 Å². The van der Waals surface area contributed by atoms with Crippen LogP contribution in [0.2, 0.25) is 10.0 Å². The fourth-order valence-corrected chi connectivity index (χ4v) is 4.83. The summed E-state index contributed by atoms with van der Waals surface area (Å²) in [6.45, 7) is 2.03. The van der Waals surface area contributed by atoms with Crippen molar-refractivity contribution in [1.82, 2.24) is 10.2 Å². The molecule has 4 nitrogen and oxygen atoms in total. The van der Waals surface area contributed by atoms with Gasteiger partial charge in [-0.1, -0.05) is 60.3 Å². The lowest BCUT2D eigenvalue weighted by atomic mass is 10.1. The van der Waals surface area contributed by atoms with Crippen LogP contribution in [0, 0.1) is 0 Å². The average molecular weight is 465 g/mol. The quantitative estimate of drug-likeness (QED) is 0.520. The maximum atomic E-state index is 13.1. The molecular formula is C23H26Cl2N2O2S. The number of nitrogens with zero attached hydrogens (tertiary/aromatic N) is 1. The van der Waals surface area contributed by atoms with Crippen molar-refractivity contribution in [3.63, 3.8) is 0 Å². The molecule has 1 fully saturated rings. The molecule has 1 aliphatic rings. The molecule has 1 N–H and O–H groups in total. The number of halogens is 2. The molecule has 3 rings (SSSR count). The third-order valence-electron chi connectivity index (χ3n) is 5.33. The van der Waals surface area contributed by atoms with E-state index in [1.165, 1.54) is 11.8 Å². The molecule has 160 valence electrons. The molecule has 0 heterocycles. The van der Waals surface area contributed by atoms with E-state index in [0.717, 1.165) is 36.1 Å². The Morgan fingerprint density at radius 2 is 1.83 bits per heavy atom. The Morgan fingerprint density at radius 1 is 1.13 bits per heavy atom. The number of hydrogen-bond acceptors (Lipinski definition) is 3. The maximum Gasteiger partial charge on any atom is 0.242 e. The van der Waals surface area contributed by atoms with Gasteiger partial charge in [-0.2, -0.15) is 0 Å². The van der Waals surface area contributed by atoms with Crippen LogP contribution in [0.15, 0.2) is 53.4 Å². The van der Waals surface area contributed by atoms with Crippen LogP contribution in [0.5, 0.6) is 0 Å². The van der Waals surface area contributed by atoms with Gasteiger partial charge in [-0.3, -0.25) is 9.59 Å². The van der Waals surface area contributed by atoms with Gasteiger partial charge in [0.05, 0.1) is 5.75 Å². The molecule has 0 unspecified atom stereocenters. The van der Waals surface area contributed by atoms with Gasteiger partial charge in [0.1, 0.15) is 6.04 Å². The second kappa shape index (κ2) is 11.1. The molecule has 0 aliphatic heterocycles. The van der Waals surface area contributed by atoms with Gasteiger partial charge in [-0.15, -0.1) is 11.8 Å². The van der Waals surface area contributed by atoms with Crippen LogP contribution >= 0.6 is 35.0 Å². The fourth-order valence-electron chi connectivity index (χ4n) is 3.55. The van der Waals surface area contributed by atoms with E-state index < -0.39 is 6.04 Å². The summed E-state index contributed by atoms with van der Waals surface area (Å²) in [4.78, 5) is 28.6. The van der Waals surface area contributed by atoms with Crippen molar-refractivity contribution in [2.45, 2.75) is 56.1 Å². The van der Waals surface area contributed by atoms with Crippen LogP contribution in [-0.4, -0.2) is 34.6 Å². The zero-order valence-electron chi connectivity index (χ0n) is 16.9. The standard InChI is InChI=1S/C23H26Cl2N2O2S/c1-16(23(29)26-19-7-5-6-8-19)27(14-17-11-12-18(24)13-21(17)25)22(28)15-30-20-9-3-2-4-10-20/h2-4,9-13,16,19H,5-8,14-15H2,1H3,(H,26,29)/t16-/m1/s1. The number of carbonyl (C=O) groups excluding carboxylic acids is 2. The summed E-state index contributed by atoms with van der Waals surface area (Å²) in [5.74, 6) is 0.0185. The topological polar surface area (TPSA) is 49.4 Å². The molecule has 2 aromatic rings. The van der Waals surface area contributed by atoms with Crippen LogP contribution < -0.4 is 5.32 Å². The fraction of sp³-hybridized carbons (Fsp3) is 0.391. The maximum absolute atomic E-state index is 13.1. The van der Waals surface area contributed by atoms with Gasteiger partial charge < -0.3 is 10.2 Å². The third-order valence-corrected chi connectivity index (χ3v) is 6.91. The highest BCUT2D eigenvalue weighted by molar-refractivity contribution is 8.00. The van der Waals surface area contributed by atoms with E-state index in [-0.39, 0.29) is 30.2 Å². The highest BCUT2D eigenvalue weighted by atomic mass is 35.5. The number of hydrogen-bond donors (Lipinski definition) is 1. The first kappa shape index (κ1) is 23.0. The van der Waals surface area contributed by atoms with Gasteiger partial charge in [0.2, 0.25) is 11.8 Å². The zero-order chi connectivity index (χ0) is 21.5. The van der Waals surface area contributed by atoms with Crippen LogP contribution in [0.4, 0.5) is 0 Å². The van der Waals surface area contributed by atoms with Crippen LogP contribution in [0.3, 0.4) is 0 Å². The van der Waals surface area contributed by atoms with Crippen molar-refractivity contribution in [3.8, 4) is 0 Å². The summed E-state index contributed by atoms with van der Waals surface area (Å²) in [5, 5.41) is 4.12. The third kappa shape index (κ3) is 6.40. The minimum Gasteiger partial charge on any atom is -0.352 e. The first-order chi connectivity index (χ1) is 14.4. The number of carbonyl (C=O) groups is 2. The van der Waals surface area contributed by atoms with E-state index in [4.69, 9.17) is 23.2 Å². The normalized spacial score (nSPS) is 15.0. The summed E-state index contributed by atoms with van der Waals surface area (Å²) >= 11 is 13.8. The lowest BCUT2D eigenvalue weighted by Crippen LogP contribution is -2.50. The Morgan fingerprint density at radius 3 is 2.50 bits per heavy atom. The first-order valence-electron chi connectivity index (χ1n) is 10.2. The average Bonchev–Trinajstić information content (AvgIpc) is 3.25. The second-order valence-electron chi connectivity index (χ2n) is 7.53. The van der Waals surface area contributed by atoms with Crippen molar-refractivity contribution >= 4 is 46.8 Å². The van der Waals surface area contributed by atoms with Crippen molar-refractivity contribution < 1.29 is 9.59 Å². The summed E-state index contributed by atoms with van der Waals surface area (Å²) in [7, 11) is 0. The van der Waals surface area contributed by atoms with E-state index in [0.29, 0.717) is 10.0 Å². The second-order valence-corrected chi connectivity index (χ2v) is 9.42. The molecule has 0 aromatic heterocycles. The molecule has 0 bridgehead atoms. The van der Waals surface area contributed by atoms with E-state index in [9.17, 15) is 9.59 Å². The van der Waals surface area contributed by atoms with Crippen molar-refractivity contribution in [2.75, 3.05) is 5.75 Å². The van der Waals surface area contributed by atoms with Crippen LogP contribution in [0.25, 0.3) is 0 Å². The largest absolute Gasteiger partial charge is 0.352 e. The Bertz CT molecular complexity index is 873.